The Labute approximate surface area is 191 Å². The molecule has 1 aromatic carbocycles. The topological polar surface area (TPSA) is 77.6 Å². The molecular formula is C22H26ClN5O2S. The van der Waals surface area contributed by atoms with Crippen LogP contribution in [0.4, 0.5) is 10.8 Å². The summed E-state index contributed by atoms with van der Waals surface area (Å²) >= 11 is 7.20. The summed E-state index contributed by atoms with van der Waals surface area (Å²) in [6.07, 6.45) is 9.34. The molecule has 3 heterocycles. The van der Waals surface area contributed by atoms with Crippen molar-refractivity contribution >= 4 is 45.6 Å². The van der Waals surface area contributed by atoms with Crippen LogP contribution in [0, 0.1) is 0 Å². The van der Waals surface area contributed by atoms with Crippen molar-refractivity contribution in [3.05, 3.63) is 52.6 Å². The molecule has 0 bridgehead atoms. The van der Waals surface area contributed by atoms with E-state index in [9.17, 15) is 9.59 Å². The molecule has 164 valence electrons. The minimum Gasteiger partial charge on any atom is -0.377 e. The van der Waals surface area contributed by atoms with Crippen molar-refractivity contribution in [1.82, 2.24) is 14.8 Å². The van der Waals surface area contributed by atoms with Crippen LogP contribution in [0.3, 0.4) is 0 Å². The molecule has 4 rings (SSSR count). The molecule has 0 aliphatic carbocycles. The SMILES string of the molecule is O=C(Nc1ccc(Cl)cc1)c1cnc(NC2CCN(C(=O)C=CN3CCCC3)CC2)s1. The molecule has 2 fully saturated rings. The predicted octanol–water partition coefficient (Wildman–Crippen LogP) is 4.06. The van der Waals surface area contributed by atoms with Crippen LogP contribution in [0.15, 0.2) is 42.7 Å². The number of likely N-dealkylation sites (tertiary alicyclic amines) is 2. The van der Waals surface area contributed by atoms with Gasteiger partial charge in [-0.2, -0.15) is 0 Å². The second-order valence-electron chi connectivity index (χ2n) is 7.79. The number of amides is 2. The highest BCUT2D eigenvalue weighted by molar-refractivity contribution is 7.17. The van der Waals surface area contributed by atoms with Crippen LogP contribution >= 0.6 is 22.9 Å². The fraction of sp³-hybridized carbons (Fsp3) is 0.409. The van der Waals surface area contributed by atoms with Crippen molar-refractivity contribution in [2.75, 3.05) is 36.8 Å². The van der Waals surface area contributed by atoms with Gasteiger partial charge in [0.1, 0.15) is 4.88 Å². The summed E-state index contributed by atoms with van der Waals surface area (Å²) < 4.78 is 0. The standard InChI is InChI=1S/C22H26ClN5O2S/c23-16-3-5-17(6-4-16)25-21(30)19-15-24-22(31-19)26-18-7-13-28(14-8-18)20(29)9-12-27-10-1-2-11-27/h3-6,9,12,15,18H,1-2,7-8,10-11,13-14H2,(H,24,26)(H,25,30). The molecule has 2 aromatic rings. The van der Waals surface area contributed by atoms with Gasteiger partial charge in [-0.1, -0.05) is 22.9 Å². The van der Waals surface area contributed by atoms with E-state index in [1.165, 1.54) is 24.2 Å². The first-order valence-electron chi connectivity index (χ1n) is 10.6. The third-order valence-electron chi connectivity index (χ3n) is 5.53. The van der Waals surface area contributed by atoms with Crippen LogP contribution in [0.2, 0.25) is 5.02 Å². The van der Waals surface area contributed by atoms with Gasteiger partial charge >= 0.3 is 0 Å². The number of anilines is 2. The third kappa shape index (κ3) is 5.98. The Morgan fingerprint density at radius 2 is 1.81 bits per heavy atom. The Kier molecular flexibility index (Phi) is 7.09. The normalized spacial score (nSPS) is 17.3. The molecule has 0 spiro atoms. The Bertz CT molecular complexity index is 932. The van der Waals surface area contributed by atoms with E-state index in [0.717, 1.165) is 44.2 Å². The van der Waals surface area contributed by atoms with Gasteiger partial charge < -0.3 is 20.4 Å². The second kappa shape index (κ2) is 10.2. The molecule has 0 saturated carbocycles. The summed E-state index contributed by atoms with van der Waals surface area (Å²) in [4.78, 5) is 33.8. The molecular weight excluding hydrogens is 434 g/mol. The van der Waals surface area contributed by atoms with E-state index in [1.54, 1.807) is 36.5 Å². The molecule has 0 unspecified atom stereocenters. The molecule has 2 N–H and O–H groups in total. The molecule has 2 amide bonds. The maximum Gasteiger partial charge on any atom is 0.267 e. The van der Waals surface area contributed by atoms with Gasteiger partial charge in [-0.3, -0.25) is 9.59 Å². The van der Waals surface area contributed by atoms with E-state index in [2.05, 4.69) is 20.5 Å². The van der Waals surface area contributed by atoms with E-state index >= 15 is 0 Å². The Morgan fingerprint density at radius 1 is 1.10 bits per heavy atom. The molecule has 2 aliphatic rings. The lowest BCUT2D eigenvalue weighted by Gasteiger charge is -2.31. The van der Waals surface area contributed by atoms with Crippen molar-refractivity contribution < 1.29 is 9.59 Å². The molecule has 2 aliphatic heterocycles. The Hall–Kier alpha value is -2.58. The zero-order valence-corrected chi connectivity index (χ0v) is 18.8. The Balaban J connectivity index is 1.23. The average Bonchev–Trinajstić information content (AvgIpc) is 3.46. The van der Waals surface area contributed by atoms with E-state index < -0.39 is 0 Å². The number of carbonyl (C=O) groups is 2. The molecule has 0 atom stereocenters. The number of rotatable bonds is 6. The minimum atomic E-state index is -0.196. The van der Waals surface area contributed by atoms with Crippen molar-refractivity contribution in [3.8, 4) is 0 Å². The number of nitrogens with zero attached hydrogens (tertiary/aromatic N) is 3. The van der Waals surface area contributed by atoms with Crippen molar-refractivity contribution in [1.29, 1.82) is 0 Å². The molecule has 9 heteroatoms. The Morgan fingerprint density at radius 3 is 2.52 bits per heavy atom. The largest absolute Gasteiger partial charge is 0.377 e. The van der Waals surface area contributed by atoms with Gasteiger partial charge in [0.05, 0.1) is 6.20 Å². The van der Waals surface area contributed by atoms with Gasteiger partial charge in [-0.05, 0) is 49.9 Å². The number of hydrogen-bond donors (Lipinski definition) is 2. The van der Waals surface area contributed by atoms with Crippen LogP contribution < -0.4 is 10.6 Å². The first-order chi connectivity index (χ1) is 15.1. The summed E-state index contributed by atoms with van der Waals surface area (Å²) in [6.45, 7) is 3.53. The number of nitrogens with one attached hydrogen (secondary N) is 2. The van der Waals surface area contributed by atoms with Gasteiger partial charge in [0, 0.05) is 55.2 Å². The fourth-order valence-corrected chi connectivity index (χ4v) is 4.67. The van der Waals surface area contributed by atoms with Crippen LogP contribution in [-0.4, -0.2) is 58.8 Å². The molecule has 0 radical (unpaired) electrons. The molecule has 2 saturated heterocycles. The summed E-state index contributed by atoms with van der Waals surface area (Å²) in [5.74, 6) is -0.112. The van der Waals surface area contributed by atoms with E-state index in [4.69, 9.17) is 11.6 Å². The van der Waals surface area contributed by atoms with E-state index in [-0.39, 0.29) is 17.9 Å². The van der Waals surface area contributed by atoms with Gasteiger partial charge in [-0.25, -0.2) is 4.98 Å². The van der Waals surface area contributed by atoms with Crippen LogP contribution in [0.5, 0.6) is 0 Å². The minimum absolute atomic E-state index is 0.0840. The van der Waals surface area contributed by atoms with E-state index in [1.807, 2.05) is 11.1 Å². The molecule has 1 aromatic heterocycles. The number of halogens is 1. The maximum atomic E-state index is 12.4. The number of piperidine rings is 1. The van der Waals surface area contributed by atoms with Crippen molar-refractivity contribution in [3.63, 3.8) is 0 Å². The van der Waals surface area contributed by atoms with Crippen molar-refractivity contribution in [2.24, 2.45) is 0 Å². The lowest BCUT2D eigenvalue weighted by Crippen LogP contribution is -2.41. The number of benzene rings is 1. The third-order valence-corrected chi connectivity index (χ3v) is 6.71. The molecule has 31 heavy (non-hydrogen) atoms. The number of thiazole rings is 1. The van der Waals surface area contributed by atoms with Crippen molar-refractivity contribution in [2.45, 2.75) is 31.7 Å². The van der Waals surface area contributed by atoms with Gasteiger partial charge in [0.2, 0.25) is 5.91 Å². The predicted molar refractivity (Wildman–Crippen MR) is 125 cm³/mol. The first-order valence-corrected chi connectivity index (χ1v) is 11.8. The number of carbonyl (C=O) groups excluding carboxylic acids is 2. The van der Waals surface area contributed by atoms with Gasteiger partial charge in [-0.15, -0.1) is 0 Å². The molecule has 7 nitrogen and oxygen atoms in total. The highest BCUT2D eigenvalue weighted by atomic mass is 35.5. The summed E-state index contributed by atoms with van der Waals surface area (Å²) in [5.41, 5.74) is 0.688. The zero-order chi connectivity index (χ0) is 21.6. The monoisotopic (exact) mass is 459 g/mol. The average molecular weight is 460 g/mol. The van der Waals surface area contributed by atoms with Gasteiger partial charge in [0.25, 0.3) is 5.91 Å². The first kappa shape index (κ1) is 21.6. The summed E-state index contributed by atoms with van der Waals surface area (Å²) in [7, 11) is 0. The van der Waals surface area contributed by atoms with Crippen LogP contribution in [0.25, 0.3) is 0 Å². The highest BCUT2D eigenvalue weighted by Crippen LogP contribution is 2.23. The zero-order valence-electron chi connectivity index (χ0n) is 17.2. The smallest absolute Gasteiger partial charge is 0.267 e. The number of hydrogen-bond acceptors (Lipinski definition) is 6. The summed E-state index contributed by atoms with van der Waals surface area (Å²) in [5, 5.41) is 7.60. The highest BCUT2D eigenvalue weighted by Gasteiger charge is 2.23. The van der Waals surface area contributed by atoms with Crippen LogP contribution in [0.1, 0.15) is 35.4 Å². The quantitative estimate of drug-likeness (QED) is 0.637. The van der Waals surface area contributed by atoms with Crippen LogP contribution in [-0.2, 0) is 4.79 Å². The lowest BCUT2D eigenvalue weighted by molar-refractivity contribution is -0.127. The lowest BCUT2D eigenvalue weighted by atomic mass is 10.1. The summed E-state index contributed by atoms with van der Waals surface area (Å²) in [6, 6.07) is 7.22. The van der Waals surface area contributed by atoms with Gasteiger partial charge in [0.15, 0.2) is 5.13 Å². The van der Waals surface area contributed by atoms with E-state index in [0.29, 0.717) is 15.6 Å². The fourth-order valence-electron chi connectivity index (χ4n) is 3.76. The number of aromatic nitrogens is 1. The second-order valence-corrected chi connectivity index (χ2v) is 9.26. The maximum absolute atomic E-state index is 12.4.